The van der Waals surface area contributed by atoms with E-state index in [2.05, 4.69) is 13.8 Å². The van der Waals surface area contributed by atoms with Crippen molar-refractivity contribution in [3.05, 3.63) is 47.7 Å². The second kappa shape index (κ2) is 12.9. The molecule has 0 atom stereocenters. The van der Waals surface area contributed by atoms with Crippen LogP contribution in [0.1, 0.15) is 88.4 Å². The molecule has 23 heavy (non-hydrogen) atoms. The van der Waals surface area contributed by atoms with E-state index in [9.17, 15) is 4.79 Å². The van der Waals surface area contributed by atoms with Gasteiger partial charge >= 0.3 is 5.97 Å². The minimum Gasteiger partial charge on any atom is -0.431 e. The molecule has 2 nitrogen and oxygen atoms in total. The zero-order chi connectivity index (χ0) is 16.8. The lowest BCUT2D eigenvalue weighted by atomic mass is 10.0. The van der Waals surface area contributed by atoms with Crippen molar-refractivity contribution in [2.24, 2.45) is 0 Å². The van der Waals surface area contributed by atoms with E-state index in [-0.39, 0.29) is 5.97 Å². The number of benzene rings is 1. The van der Waals surface area contributed by atoms with Crippen molar-refractivity contribution in [2.75, 3.05) is 0 Å². The lowest BCUT2D eigenvalue weighted by molar-refractivity contribution is 0.0659. The van der Waals surface area contributed by atoms with Crippen molar-refractivity contribution in [3.8, 4) is 0 Å². The summed E-state index contributed by atoms with van der Waals surface area (Å²) in [6.45, 7) is 4.37. The number of esters is 1. The second-order valence-electron chi connectivity index (χ2n) is 6.13. The molecule has 0 fully saturated rings. The molecule has 1 aromatic carbocycles. The van der Waals surface area contributed by atoms with E-state index in [0.29, 0.717) is 5.56 Å². The maximum Gasteiger partial charge on any atom is 0.342 e. The Kier molecular flexibility index (Phi) is 10.9. The molecule has 0 aliphatic carbocycles. The number of unbranched alkanes of at least 4 members (excludes halogenated alkanes) is 7. The van der Waals surface area contributed by atoms with Crippen LogP contribution in [-0.4, -0.2) is 5.97 Å². The fourth-order valence-corrected chi connectivity index (χ4v) is 2.58. The SMILES string of the molecule is CCCCCCCCCC/C(=C/OC(=O)c1ccccc1)CC. The van der Waals surface area contributed by atoms with Crippen LogP contribution in [0.3, 0.4) is 0 Å². The summed E-state index contributed by atoms with van der Waals surface area (Å²) in [6.07, 6.45) is 14.2. The van der Waals surface area contributed by atoms with Gasteiger partial charge in [0.05, 0.1) is 11.8 Å². The summed E-state index contributed by atoms with van der Waals surface area (Å²) < 4.78 is 5.30. The third-order valence-electron chi connectivity index (χ3n) is 4.15. The van der Waals surface area contributed by atoms with E-state index in [4.69, 9.17) is 4.74 Å². The maximum atomic E-state index is 11.9. The zero-order valence-corrected chi connectivity index (χ0v) is 14.9. The molecule has 0 bridgehead atoms. The van der Waals surface area contributed by atoms with Crippen molar-refractivity contribution in [2.45, 2.75) is 78.1 Å². The van der Waals surface area contributed by atoms with Gasteiger partial charge in [-0.05, 0) is 37.0 Å². The summed E-state index contributed by atoms with van der Waals surface area (Å²) in [5.74, 6) is -0.271. The van der Waals surface area contributed by atoms with Gasteiger partial charge in [0, 0.05) is 0 Å². The molecule has 0 saturated heterocycles. The van der Waals surface area contributed by atoms with Crippen molar-refractivity contribution in [1.82, 2.24) is 0 Å². The van der Waals surface area contributed by atoms with Crippen LogP contribution >= 0.6 is 0 Å². The molecule has 1 aromatic rings. The standard InChI is InChI=1S/C21H32O2/c1-3-5-6-7-8-9-10-12-15-19(4-2)18-23-21(22)20-16-13-11-14-17-20/h11,13-14,16-18H,3-10,12,15H2,1-2H3/b19-18+. The first-order chi connectivity index (χ1) is 11.3. The monoisotopic (exact) mass is 316 g/mol. The number of ether oxygens (including phenoxy) is 1. The Labute approximate surface area is 141 Å². The minimum absolute atomic E-state index is 0.271. The van der Waals surface area contributed by atoms with Gasteiger partial charge in [0.2, 0.25) is 0 Å². The van der Waals surface area contributed by atoms with Gasteiger partial charge in [-0.15, -0.1) is 0 Å². The number of hydrogen-bond donors (Lipinski definition) is 0. The summed E-state index contributed by atoms with van der Waals surface area (Å²) in [6, 6.07) is 9.15. The summed E-state index contributed by atoms with van der Waals surface area (Å²) in [5.41, 5.74) is 1.83. The van der Waals surface area contributed by atoms with Gasteiger partial charge in [0.25, 0.3) is 0 Å². The molecule has 0 aromatic heterocycles. The van der Waals surface area contributed by atoms with Crippen molar-refractivity contribution in [3.63, 3.8) is 0 Å². The molecular formula is C21H32O2. The number of hydrogen-bond acceptors (Lipinski definition) is 2. The first kappa shape index (κ1) is 19.5. The molecule has 1 rings (SSSR count). The summed E-state index contributed by atoms with van der Waals surface area (Å²) in [4.78, 5) is 11.9. The smallest absolute Gasteiger partial charge is 0.342 e. The predicted octanol–water partition coefficient (Wildman–Crippen LogP) is 6.67. The number of allylic oxidation sites excluding steroid dienone is 1. The molecule has 0 aliphatic heterocycles. The van der Waals surface area contributed by atoms with Gasteiger partial charge in [-0.25, -0.2) is 4.79 Å². The molecule has 128 valence electrons. The maximum absolute atomic E-state index is 11.9. The van der Waals surface area contributed by atoms with Gasteiger partial charge < -0.3 is 4.74 Å². The Hall–Kier alpha value is -1.57. The Morgan fingerprint density at radius 2 is 1.52 bits per heavy atom. The van der Waals surface area contributed by atoms with Crippen LogP contribution in [0.2, 0.25) is 0 Å². The first-order valence-electron chi connectivity index (χ1n) is 9.21. The molecule has 0 amide bonds. The summed E-state index contributed by atoms with van der Waals surface area (Å²) >= 11 is 0. The number of rotatable bonds is 12. The van der Waals surface area contributed by atoms with Crippen molar-refractivity contribution < 1.29 is 9.53 Å². The van der Waals surface area contributed by atoms with Gasteiger partial charge in [-0.2, -0.15) is 0 Å². The first-order valence-corrected chi connectivity index (χ1v) is 9.21. The fraction of sp³-hybridized carbons (Fsp3) is 0.571. The molecule has 0 saturated carbocycles. The summed E-state index contributed by atoms with van der Waals surface area (Å²) in [7, 11) is 0. The third kappa shape index (κ3) is 9.22. The molecule has 0 N–H and O–H groups in total. The fourth-order valence-electron chi connectivity index (χ4n) is 2.58. The highest BCUT2D eigenvalue weighted by atomic mass is 16.5. The Bertz CT molecular complexity index is 448. The van der Waals surface area contributed by atoms with Crippen LogP contribution in [0.25, 0.3) is 0 Å². The largest absolute Gasteiger partial charge is 0.431 e. The summed E-state index contributed by atoms with van der Waals surface area (Å²) in [5, 5.41) is 0. The van der Waals surface area contributed by atoms with E-state index in [1.54, 1.807) is 18.4 Å². The normalized spacial score (nSPS) is 11.5. The van der Waals surface area contributed by atoms with Crippen LogP contribution in [0.5, 0.6) is 0 Å². The Balaban J connectivity index is 2.19. The molecule has 2 heteroatoms. The average molecular weight is 316 g/mol. The van der Waals surface area contributed by atoms with Gasteiger partial charge in [0.15, 0.2) is 0 Å². The van der Waals surface area contributed by atoms with E-state index < -0.39 is 0 Å². The van der Waals surface area contributed by atoms with Crippen molar-refractivity contribution >= 4 is 5.97 Å². The van der Waals surface area contributed by atoms with E-state index in [1.165, 1.54) is 56.9 Å². The van der Waals surface area contributed by atoms with Crippen LogP contribution in [0.15, 0.2) is 42.2 Å². The predicted molar refractivity (Wildman–Crippen MR) is 97.5 cm³/mol. The van der Waals surface area contributed by atoms with Crippen LogP contribution in [0.4, 0.5) is 0 Å². The van der Waals surface area contributed by atoms with E-state index in [1.807, 2.05) is 18.2 Å². The van der Waals surface area contributed by atoms with E-state index >= 15 is 0 Å². The third-order valence-corrected chi connectivity index (χ3v) is 4.15. The molecule has 0 radical (unpaired) electrons. The zero-order valence-electron chi connectivity index (χ0n) is 14.9. The molecule has 0 aliphatic rings. The molecule has 0 heterocycles. The quantitative estimate of drug-likeness (QED) is 0.244. The van der Waals surface area contributed by atoms with Crippen LogP contribution in [0, 0.1) is 0 Å². The van der Waals surface area contributed by atoms with Crippen molar-refractivity contribution in [1.29, 1.82) is 0 Å². The van der Waals surface area contributed by atoms with Gasteiger partial charge in [-0.1, -0.05) is 77.0 Å². The van der Waals surface area contributed by atoms with Crippen LogP contribution < -0.4 is 0 Å². The Morgan fingerprint density at radius 1 is 0.913 bits per heavy atom. The molecule has 0 spiro atoms. The molecule has 0 unspecified atom stereocenters. The average Bonchev–Trinajstić information content (AvgIpc) is 2.60. The topological polar surface area (TPSA) is 26.3 Å². The number of carbonyl (C=O) groups excluding carboxylic acids is 1. The van der Waals surface area contributed by atoms with Gasteiger partial charge in [0.1, 0.15) is 0 Å². The number of carbonyl (C=O) groups is 1. The highest BCUT2D eigenvalue weighted by molar-refractivity contribution is 5.89. The highest BCUT2D eigenvalue weighted by Gasteiger charge is 2.05. The van der Waals surface area contributed by atoms with Crippen LogP contribution in [-0.2, 0) is 4.74 Å². The molecular weight excluding hydrogens is 284 g/mol. The van der Waals surface area contributed by atoms with Gasteiger partial charge in [-0.3, -0.25) is 0 Å². The second-order valence-corrected chi connectivity index (χ2v) is 6.13. The minimum atomic E-state index is -0.271. The Morgan fingerprint density at radius 3 is 2.13 bits per heavy atom. The lowest BCUT2D eigenvalue weighted by Gasteiger charge is -2.06. The van der Waals surface area contributed by atoms with E-state index in [0.717, 1.165) is 12.8 Å². The lowest BCUT2D eigenvalue weighted by Crippen LogP contribution is -2.00. The highest BCUT2D eigenvalue weighted by Crippen LogP contribution is 2.15.